The Balaban J connectivity index is 2.10. The summed E-state index contributed by atoms with van der Waals surface area (Å²) in [5.41, 5.74) is 2.52. The number of hydrogen-bond acceptors (Lipinski definition) is 6. The van der Waals surface area contributed by atoms with Crippen LogP contribution < -0.4 is 0 Å². The quantitative estimate of drug-likeness (QED) is 0.373. The normalized spacial score (nSPS) is 10.7. The van der Waals surface area contributed by atoms with Gasteiger partial charge in [0.25, 0.3) is 0 Å². The molecule has 2 aromatic carbocycles. The molecule has 33 heavy (non-hydrogen) atoms. The number of esters is 2. The Labute approximate surface area is 193 Å². The first-order valence-electron chi connectivity index (χ1n) is 9.73. The molecule has 7 heteroatoms. The second kappa shape index (κ2) is 12.7. The maximum Gasteiger partial charge on any atom is 0.330 e. The van der Waals surface area contributed by atoms with Gasteiger partial charge in [0.05, 0.1) is 14.2 Å². The Kier molecular flexibility index (Phi) is 9.70. The average Bonchev–Trinajstić information content (AvgIpc) is 2.82. The Hall–Kier alpha value is -4.07. The first-order chi connectivity index (χ1) is 15.8. The fourth-order valence-corrected chi connectivity index (χ4v) is 3.18. The second-order valence-corrected chi connectivity index (χ2v) is 8.59. The Morgan fingerprint density at radius 1 is 0.758 bits per heavy atom. The van der Waals surface area contributed by atoms with E-state index in [2.05, 4.69) is 33.2 Å². The van der Waals surface area contributed by atoms with Crippen molar-refractivity contribution in [3.05, 3.63) is 82.9 Å². The molecular formula is C26H22O6S. The number of carbonyl (C=O) groups is 2. The fourth-order valence-electron chi connectivity index (χ4n) is 2.50. The number of hydrogen-bond donors (Lipinski definition) is 0. The lowest BCUT2D eigenvalue weighted by Crippen LogP contribution is -2.08. The van der Waals surface area contributed by atoms with Gasteiger partial charge in [-0.25, -0.2) is 18.0 Å². The molecule has 0 atom stereocenters. The van der Waals surface area contributed by atoms with Crippen molar-refractivity contribution in [2.24, 2.45) is 0 Å². The first-order valence-corrected chi connectivity index (χ1v) is 11.5. The molecule has 0 amide bonds. The van der Waals surface area contributed by atoms with Crippen LogP contribution in [0.25, 0.3) is 12.2 Å². The smallest absolute Gasteiger partial charge is 0.330 e. The molecule has 0 N–H and O–H groups in total. The number of rotatable bonds is 6. The van der Waals surface area contributed by atoms with Gasteiger partial charge in [-0.15, -0.1) is 0 Å². The van der Waals surface area contributed by atoms with Gasteiger partial charge >= 0.3 is 11.9 Å². The molecule has 0 unspecified atom stereocenters. The minimum Gasteiger partial charge on any atom is -0.466 e. The van der Waals surface area contributed by atoms with Crippen molar-refractivity contribution in [2.75, 3.05) is 25.7 Å². The van der Waals surface area contributed by atoms with Gasteiger partial charge in [0, 0.05) is 23.3 Å². The number of carbonyl (C=O) groups excluding carboxylic acids is 2. The molecule has 0 bridgehead atoms. The van der Waals surface area contributed by atoms with E-state index in [4.69, 9.17) is 0 Å². The van der Waals surface area contributed by atoms with Gasteiger partial charge in [-0.05, 0) is 35.4 Å². The standard InChI is InChI=1S/C26H22O6S/c1-31-25(27)17-15-23-11-5-3-9-21(23)13-7-19-33(29,30)20-8-14-22-10-4-6-12-24(22)16-18-26(28)32-2/h3-6,9-12,15-18H,19-20H2,1-2H3/b17-15+,18-16+. The molecule has 0 aromatic heterocycles. The number of sulfone groups is 1. The summed E-state index contributed by atoms with van der Waals surface area (Å²) in [4.78, 5) is 22.6. The predicted octanol–water partition coefficient (Wildman–Crippen LogP) is 2.88. The highest BCUT2D eigenvalue weighted by molar-refractivity contribution is 7.91. The van der Waals surface area contributed by atoms with E-state index in [9.17, 15) is 18.0 Å². The minimum absolute atomic E-state index is 0.360. The summed E-state index contributed by atoms with van der Waals surface area (Å²) < 4.78 is 33.8. The summed E-state index contributed by atoms with van der Waals surface area (Å²) in [6.07, 6.45) is 5.65. The molecule has 2 aromatic rings. The summed E-state index contributed by atoms with van der Waals surface area (Å²) in [7, 11) is -0.975. The van der Waals surface area contributed by atoms with Crippen LogP contribution in [0.3, 0.4) is 0 Å². The Morgan fingerprint density at radius 2 is 1.15 bits per heavy atom. The lowest BCUT2D eigenvalue weighted by atomic mass is 10.1. The highest BCUT2D eigenvalue weighted by Crippen LogP contribution is 2.10. The maximum atomic E-state index is 12.3. The molecule has 0 aliphatic heterocycles. The van der Waals surface area contributed by atoms with Crippen LogP contribution >= 0.6 is 0 Å². The molecule has 168 valence electrons. The first kappa shape index (κ1) is 25.2. The van der Waals surface area contributed by atoms with Gasteiger partial charge in [0.1, 0.15) is 11.5 Å². The molecule has 0 saturated carbocycles. The molecule has 0 saturated heterocycles. The summed E-state index contributed by atoms with van der Waals surface area (Å²) in [6.45, 7) is 0. The van der Waals surface area contributed by atoms with E-state index < -0.39 is 21.8 Å². The Morgan fingerprint density at radius 3 is 1.55 bits per heavy atom. The zero-order chi connectivity index (χ0) is 24.1. The zero-order valence-electron chi connectivity index (χ0n) is 18.2. The molecular weight excluding hydrogens is 440 g/mol. The third-order valence-corrected chi connectivity index (χ3v) is 5.32. The summed E-state index contributed by atoms with van der Waals surface area (Å²) in [5, 5.41) is 0. The van der Waals surface area contributed by atoms with Crippen LogP contribution in [0.2, 0.25) is 0 Å². The van der Waals surface area contributed by atoms with Crippen molar-refractivity contribution in [3.63, 3.8) is 0 Å². The van der Waals surface area contributed by atoms with E-state index in [1.807, 2.05) is 0 Å². The average molecular weight is 463 g/mol. The molecule has 0 aliphatic carbocycles. The van der Waals surface area contributed by atoms with E-state index in [0.29, 0.717) is 22.3 Å². The minimum atomic E-state index is -3.54. The van der Waals surface area contributed by atoms with Crippen molar-refractivity contribution < 1.29 is 27.5 Å². The van der Waals surface area contributed by atoms with Crippen LogP contribution in [-0.4, -0.2) is 46.1 Å². The van der Waals surface area contributed by atoms with Gasteiger partial charge in [-0.3, -0.25) is 0 Å². The fraction of sp³-hybridized carbons (Fsp3) is 0.154. The molecule has 6 nitrogen and oxygen atoms in total. The van der Waals surface area contributed by atoms with Crippen LogP contribution in [0.4, 0.5) is 0 Å². The van der Waals surface area contributed by atoms with Gasteiger partial charge in [-0.1, -0.05) is 60.1 Å². The zero-order valence-corrected chi connectivity index (χ0v) is 19.0. The largest absolute Gasteiger partial charge is 0.466 e. The van der Waals surface area contributed by atoms with Crippen LogP contribution in [0.5, 0.6) is 0 Å². The Bertz CT molecular complexity index is 1200. The van der Waals surface area contributed by atoms with Crippen molar-refractivity contribution in [2.45, 2.75) is 0 Å². The molecule has 2 rings (SSSR count). The van der Waals surface area contributed by atoms with Crippen LogP contribution in [-0.2, 0) is 28.9 Å². The maximum absolute atomic E-state index is 12.3. The van der Waals surface area contributed by atoms with E-state index >= 15 is 0 Å². The van der Waals surface area contributed by atoms with E-state index in [1.54, 1.807) is 60.7 Å². The van der Waals surface area contributed by atoms with Crippen molar-refractivity contribution in [3.8, 4) is 23.7 Å². The topological polar surface area (TPSA) is 86.7 Å². The predicted molar refractivity (Wildman–Crippen MR) is 127 cm³/mol. The summed E-state index contributed by atoms with van der Waals surface area (Å²) in [5.74, 6) is 9.27. The van der Waals surface area contributed by atoms with Crippen LogP contribution in [0, 0.1) is 23.7 Å². The van der Waals surface area contributed by atoms with Gasteiger partial charge in [0.15, 0.2) is 9.84 Å². The van der Waals surface area contributed by atoms with Crippen molar-refractivity contribution >= 4 is 33.9 Å². The molecule has 0 spiro atoms. The lowest BCUT2D eigenvalue weighted by Gasteiger charge is -1.99. The number of ether oxygens (including phenoxy) is 2. The van der Waals surface area contributed by atoms with Gasteiger partial charge < -0.3 is 9.47 Å². The monoisotopic (exact) mass is 462 g/mol. The molecule has 0 heterocycles. The van der Waals surface area contributed by atoms with E-state index in [1.165, 1.54) is 26.4 Å². The van der Waals surface area contributed by atoms with Crippen molar-refractivity contribution in [1.82, 2.24) is 0 Å². The highest BCUT2D eigenvalue weighted by Gasteiger charge is 2.06. The summed E-state index contributed by atoms with van der Waals surface area (Å²) in [6, 6.07) is 14.1. The third-order valence-electron chi connectivity index (χ3n) is 4.15. The van der Waals surface area contributed by atoms with E-state index in [0.717, 1.165) is 0 Å². The van der Waals surface area contributed by atoms with Crippen LogP contribution in [0.15, 0.2) is 60.7 Å². The third kappa shape index (κ3) is 8.90. The SMILES string of the molecule is COC(=O)/C=C/c1ccccc1C#CCS(=O)(=O)CC#Cc1ccccc1/C=C/C(=O)OC. The van der Waals surface area contributed by atoms with Crippen molar-refractivity contribution in [1.29, 1.82) is 0 Å². The molecule has 0 aliphatic rings. The number of methoxy groups -OCH3 is 2. The lowest BCUT2D eigenvalue weighted by molar-refractivity contribution is -0.135. The molecule has 0 radical (unpaired) electrons. The summed E-state index contributed by atoms with van der Waals surface area (Å²) >= 11 is 0. The highest BCUT2D eigenvalue weighted by atomic mass is 32.2. The van der Waals surface area contributed by atoms with Crippen LogP contribution in [0.1, 0.15) is 22.3 Å². The molecule has 0 fully saturated rings. The number of benzene rings is 2. The van der Waals surface area contributed by atoms with Gasteiger partial charge in [-0.2, -0.15) is 0 Å². The second-order valence-electron chi connectivity index (χ2n) is 6.52. The van der Waals surface area contributed by atoms with Gasteiger partial charge in [0.2, 0.25) is 0 Å². The van der Waals surface area contributed by atoms with E-state index in [-0.39, 0.29) is 11.5 Å².